The molecule has 1 heterocycles. The Morgan fingerprint density at radius 1 is 1.65 bits per heavy atom. The van der Waals surface area contributed by atoms with Crippen LogP contribution in [0.25, 0.3) is 0 Å². The van der Waals surface area contributed by atoms with Crippen molar-refractivity contribution in [3.05, 3.63) is 18.2 Å². The molecule has 17 heavy (non-hydrogen) atoms. The first-order valence-corrected chi connectivity index (χ1v) is 6.46. The summed E-state index contributed by atoms with van der Waals surface area (Å²) in [6.07, 6.45) is 8.33. The van der Waals surface area contributed by atoms with Crippen molar-refractivity contribution in [1.82, 2.24) is 14.9 Å². The minimum absolute atomic E-state index is 0.0814. The third-order valence-electron chi connectivity index (χ3n) is 3.96. The van der Waals surface area contributed by atoms with E-state index in [1.165, 1.54) is 12.8 Å². The molecular weight excluding hydrogens is 214 g/mol. The van der Waals surface area contributed by atoms with Crippen LogP contribution in [0, 0.1) is 5.92 Å². The number of nitrogens with one attached hydrogen (secondary N) is 1. The van der Waals surface area contributed by atoms with E-state index in [1.807, 2.05) is 24.1 Å². The lowest BCUT2D eigenvalue weighted by Crippen LogP contribution is -2.51. The van der Waals surface area contributed by atoms with Gasteiger partial charge in [-0.25, -0.2) is 4.98 Å². The number of nitrogens with zero attached hydrogens (tertiary/aromatic N) is 2. The van der Waals surface area contributed by atoms with Gasteiger partial charge in [-0.05, 0) is 18.8 Å². The summed E-state index contributed by atoms with van der Waals surface area (Å²) in [4.78, 5) is 4.11. The normalized spacial score (nSPS) is 29.5. The molecule has 4 heteroatoms. The summed E-state index contributed by atoms with van der Waals surface area (Å²) in [7, 11) is 2.00. The van der Waals surface area contributed by atoms with Gasteiger partial charge in [-0.2, -0.15) is 0 Å². The quantitative estimate of drug-likeness (QED) is 0.833. The fourth-order valence-corrected chi connectivity index (χ4v) is 2.85. The highest BCUT2D eigenvalue weighted by Crippen LogP contribution is 2.32. The molecule has 0 bridgehead atoms. The second-order valence-electron chi connectivity index (χ2n) is 5.49. The van der Waals surface area contributed by atoms with Crippen molar-refractivity contribution in [3.63, 3.8) is 0 Å². The molecular formula is C13H23N3O. The molecule has 0 amide bonds. The smallest absolute Gasteiger partial charge is 0.0945 e. The monoisotopic (exact) mass is 237 g/mol. The molecule has 96 valence electrons. The van der Waals surface area contributed by atoms with Gasteiger partial charge in [-0.1, -0.05) is 19.8 Å². The van der Waals surface area contributed by atoms with Crippen LogP contribution in [-0.2, 0) is 13.6 Å². The molecule has 1 aromatic heterocycles. The van der Waals surface area contributed by atoms with Crippen molar-refractivity contribution in [2.75, 3.05) is 6.61 Å². The first-order valence-electron chi connectivity index (χ1n) is 6.46. The van der Waals surface area contributed by atoms with E-state index in [0.717, 1.165) is 25.1 Å². The predicted octanol–water partition coefficient (Wildman–Crippen LogP) is 1.45. The van der Waals surface area contributed by atoms with Crippen molar-refractivity contribution in [2.24, 2.45) is 13.0 Å². The standard InChI is InChI=1S/C13H23N3O/c1-11-4-3-5-13(6-11,9-17)15-8-12-7-14-10-16(12)2/h7,10-11,15,17H,3-6,8-9H2,1-2H3. The molecule has 0 aliphatic heterocycles. The summed E-state index contributed by atoms with van der Waals surface area (Å²) in [6.45, 7) is 3.29. The third kappa shape index (κ3) is 2.87. The fraction of sp³-hybridized carbons (Fsp3) is 0.769. The van der Waals surface area contributed by atoms with Gasteiger partial charge in [-0.3, -0.25) is 0 Å². The van der Waals surface area contributed by atoms with Gasteiger partial charge in [-0.15, -0.1) is 0 Å². The molecule has 2 N–H and O–H groups in total. The molecule has 0 spiro atoms. The maximum Gasteiger partial charge on any atom is 0.0945 e. The largest absolute Gasteiger partial charge is 0.394 e. The van der Waals surface area contributed by atoms with Crippen molar-refractivity contribution in [1.29, 1.82) is 0 Å². The number of aryl methyl sites for hydroxylation is 1. The highest BCUT2D eigenvalue weighted by molar-refractivity contribution is 5.00. The maximum atomic E-state index is 9.67. The predicted molar refractivity (Wildman–Crippen MR) is 67.5 cm³/mol. The Morgan fingerprint density at radius 2 is 2.47 bits per heavy atom. The highest BCUT2D eigenvalue weighted by Gasteiger charge is 2.33. The van der Waals surface area contributed by atoms with Gasteiger partial charge in [0.25, 0.3) is 0 Å². The van der Waals surface area contributed by atoms with Gasteiger partial charge in [0.2, 0.25) is 0 Å². The van der Waals surface area contributed by atoms with Gasteiger partial charge in [0.15, 0.2) is 0 Å². The lowest BCUT2D eigenvalue weighted by Gasteiger charge is -2.39. The Labute approximate surface area is 103 Å². The van der Waals surface area contributed by atoms with E-state index in [-0.39, 0.29) is 12.1 Å². The SMILES string of the molecule is CC1CCCC(CO)(NCc2cncn2C)C1. The van der Waals surface area contributed by atoms with E-state index in [9.17, 15) is 5.11 Å². The van der Waals surface area contributed by atoms with Crippen LogP contribution in [-0.4, -0.2) is 26.8 Å². The van der Waals surface area contributed by atoms with E-state index in [1.54, 1.807) is 0 Å². The van der Waals surface area contributed by atoms with Crippen LogP contribution in [0.15, 0.2) is 12.5 Å². The molecule has 1 aliphatic rings. The van der Waals surface area contributed by atoms with Gasteiger partial charge >= 0.3 is 0 Å². The van der Waals surface area contributed by atoms with Crippen LogP contribution in [0.1, 0.15) is 38.3 Å². The molecule has 0 aromatic carbocycles. The number of aromatic nitrogens is 2. The van der Waals surface area contributed by atoms with Crippen LogP contribution in [0.4, 0.5) is 0 Å². The molecule has 1 fully saturated rings. The third-order valence-corrected chi connectivity index (χ3v) is 3.96. The molecule has 2 unspecified atom stereocenters. The highest BCUT2D eigenvalue weighted by atomic mass is 16.3. The van der Waals surface area contributed by atoms with Gasteiger partial charge in [0.05, 0.1) is 18.6 Å². The first kappa shape index (κ1) is 12.6. The fourth-order valence-electron chi connectivity index (χ4n) is 2.85. The number of hydrogen-bond donors (Lipinski definition) is 2. The van der Waals surface area contributed by atoms with Crippen molar-refractivity contribution in [2.45, 2.75) is 44.7 Å². The van der Waals surface area contributed by atoms with Crippen molar-refractivity contribution >= 4 is 0 Å². The number of aliphatic hydroxyl groups excluding tert-OH is 1. The second kappa shape index (κ2) is 5.19. The molecule has 1 aliphatic carbocycles. The molecule has 1 aromatic rings. The maximum absolute atomic E-state index is 9.67. The summed E-state index contributed by atoms with van der Waals surface area (Å²) in [5.74, 6) is 0.704. The average molecular weight is 237 g/mol. The zero-order chi connectivity index (χ0) is 12.3. The second-order valence-corrected chi connectivity index (χ2v) is 5.49. The van der Waals surface area contributed by atoms with Crippen LogP contribution >= 0.6 is 0 Å². The molecule has 1 saturated carbocycles. The van der Waals surface area contributed by atoms with E-state index in [4.69, 9.17) is 0 Å². The summed E-state index contributed by atoms with van der Waals surface area (Å²) in [5.41, 5.74) is 1.08. The molecule has 0 radical (unpaired) electrons. The van der Waals surface area contributed by atoms with E-state index in [2.05, 4.69) is 17.2 Å². The number of rotatable bonds is 4. The Kier molecular flexibility index (Phi) is 3.84. The van der Waals surface area contributed by atoms with E-state index < -0.39 is 0 Å². The summed E-state index contributed by atoms with van der Waals surface area (Å²) in [5, 5.41) is 13.2. The Bertz CT molecular complexity index is 363. The van der Waals surface area contributed by atoms with Crippen molar-refractivity contribution < 1.29 is 5.11 Å². The average Bonchev–Trinajstić information content (AvgIpc) is 2.72. The Hall–Kier alpha value is -0.870. The lowest BCUT2D eigenvalue weighted by molar-refractivity contribution is 0.0977. The van der Waals surface area contributed by atoms with E-state index >= 15 is 0 Å². The van der Waals surface area contributed by atoms with Crippen LogP contribution in [0.2, 0.25) is 0 Å². The summed E-state index contributed by atoms with van der Waals surface area (Å²) in [6, 6.07) is 0. The molecule has 2 atom stereocenters. The number of aliphatic hydroxyl groups is 1. The summed E-state index contributed by atoms with van der Waals surface area (Å²) >= 11 is 0. The Balaban J connectivity index is 1.97. The van der Waals surface area contributed by atoms with Crippen LogP contribution in [0.3, 0.4) is 0 Å². The minimum Gasteiger partial charge on any atom is -0.394 e. The molecule has 2 rings (SSSR count). The minimum atomic E-state index is -0.0814. The van der Waals surface area contributed by atoms with Crippen LogP contribution in [0.5, 0.6) is 0 Å². The Morgan fingerprint density at radius 3 is 3.06 bits per heavy atom. The zero-order valence-corrected chi connectivity index (χ0v) is 10.8. The zero-order valence-electron chi connectivity index (χ0n) is 10.8. The molecule has 4 nitrogen and oxygen atoms in total. The molecule has 0 saturated heterocycles. The first-order chi connectivity index (χ1) is 8.15. The van der Waals surface area contributed by atoms with Crippen molar-refractivity contribution in [3.8, 4) is 0 Å². The van der Waals surface area contributed by atoms with Crippen LogP contribution < -0.4 is 5.32 Å². The summed E-state index contributed by atoms with van der Waals surface area (Å²) < 4.78 is 2.02. The van der Waals surface area contributed by atoms with Gasteiger partial charge in [0.1, 0.15) is 0 Å². The van der Waals surface area contributed by atoms with E-state index in [0.29, 0.717) is 5.92 Å². The van der Waals surface area contributed by atoms with Gasteiger partial charge in [0, 0.05) is 25.3 Å². The number of imidazole rings is 1. The van der Waals surface area contributed by atoms with Gasteiger partial charge < -0.3 is 15.0 Å². The number of hydrogen-bond acceptors (Lipinski definition) is 3. The lowest BCUT2D eigenvalue weighted by atomic mass is 9.77. The topological polar surface area (TPSA) is 50.1 Å².